The van der Waals surface area contributed by atoms with Gasteiger partial charge in [-0.05, 0) is 31.4 Å². The van der Waals surface area contributed by atoms with E-state index in [-0.39, 0.29) is 31.7 Å². The molecule has 0 unspecified atom stereocenters. The Hall–Kier alpha value is -1.96. The normalized spacial score (nSPS) is 14.4. The van der Waals surface area contributed by atoms with Crippen LogP contribution in [-0.4, -0.2) is 40.0 Å². The third-order valence-corrected chi connectivity index (χ3v) is 5.39. The largest absolute Gasteiger partial charge is 0.454 e. The van der Waals surface area contributed by atoms with Crippen molar-refractivity contribution in [1.29, 1.82) is 0 Å². The molecule has 1 amide bonds. The van der Waals surface area contributed by atoms with E-state index < -0.39 is 10.0 Å². The molecule has 0 bridgehead atoms. The Bertz CT molecular complexity index is 718. The second-order valence-corrected chi connectivity index (χ2v) is 8.48. The molecule has 140 valence electrons. The first-order chi connectivity index (χ1) is 11.7. The number of ether oxygens (including phenoxy) is 2. The van der Waals surface area contributed by atoms with E-state index in [4.69, 9.17) is 9.47 Å². The van der Waals surface area contributed by atoms with Crippen LogP contribution in [0.1, 0.15) is 33.6 Å². The zero-order chi connectivity index (χ0) is 18.6. The van der Waals surface area contributed by atoms with Crippen molar-refractivity contribution in [3.8, 4) is 11.5 Å². The molecule has 1 heterocycles. The molecule has 25 heavy (non-hydrogen) atoms. The van der Waals surface area contributed by atoms with E-state index in [2.05, 4.69) is 5.32 Å². The van der Waals surface area contributed by atoms with Crippen molar-refractivity contribution in [2.24, 2.45) is 5.92 Å². The molecule has 0 saturated heterocycles. The first kappa shape index (κ1) is 19.4. The zero-order valence-corrected chi connectivity index (χ0v) is 15.9. The molecule has 0 spiro atoms. The molecule has 0 radical (unpaired) electrons. The second kappa shape index (κ2) is 7.95. The third kappa shape index (κ3) is 5.26. The van der Waals surface area contributed by atoms with Gasteiger partial charge in [-0.3, -0.25) is 9.10 Å². The highest BCUT2D eigenvalue weighted by molar-refractivity contribution is 7.92. The summed E-state index contributed by atoms with van der Waals surface area (Å²) in [5.41, 5.74) is 0.503. The molecule has 7 nitrogen and oxygen atoms in total. The van der Waals surface area contributed by atoms with Crippen LogP contribution in [0.15, 0.2) is 18.2 Å². The standard InChI is InChI=1S/C17H26N2O5S/c1-12(2)13(3)18-17(20)6-5-9-19(25(4,21)22)14-7-8-15-16(10-14)24-11-23-15/h7-8,10,12-13H,5-6,9,11H2,1-4H3,(H,18,20)/t13-/m0/s1. The SMILES string of the molecule is CC(C)[C@H](C)NC(=O)CCCN(c1ccc2c(c1)OCO2)S(C)(=O)=O. The number of nitrogens with zero attached hydrogens (tertiary/aromatic N) is 1. The van der Waals surface area contributed by atoms with Crippen molar-refractivity contribution in [2.45, 2.75) is 39.7 Å². The van der Waals surface area contributed by atoms with E-state index in [0.29, 0.717) is 29.5 Å². The average Bonchev–Trinajstić information content (AvgIpc) is 2.97. The number of nitrogens with one attached hydrogen (secondary N) is 1. The molecule has 1 atom stereocenters. The van der Waals surface area contributed by atoms with Crippen LogP contribution in [0, 0.1) is 5.92 Å². The Labute approximate surface area is 149 Å². The van der Waals surface area contributed by atoms with Crippen LogP contribution in [0.3, 0.4) is 0 Å². The first-order valence-corrected chi connectivity index (χ1v) is 10.2. The van der Waals surface area contributed by atoms with Gasteiger partial charge >= 0.3 is 0 Å². The van der Waals surface area contributed by atoms with Gasteiger partial charge in [-0.1, -0.05) is 13.8 Å². The topological polar surface area (TPSA) is 84.9 Å². The van der Waals surface area contributed by atoms with Crippen molar-refractivity contribution < 1.29 is 22.7 Å². The molecule has 0 saturated carbocycles. The number of amides is 1. The molecule has 0 fully saturated rings. The van der Waals surface area contributed by atoms with Gasteiger partial charge in [0.05, 0.1) is 11.9 Å². The lowest BCUT2D eigenvalue weighted by molar-refractivity contribution is -0.122. The lowest BCUT2D eigenvalue weighted by atomic mass is 10.1. The summed E-state index contributed by atoms with van der Waals surface area (Å²) in [6.07, 6.45) is 1.85. The van der Waals surface area contributed by atoms with Crippen LogP contribution < -0.4 is 19.1 Å². The van der Waals surface area contributed by atoms with Gasteiger partial charge in [0, 0.05) is 25.1 Å². The van der Waals surface area contributed by atoms with E-state index in [0.717, 1.165) is 6.26 Å². The minimum absolute atomic E-state index is 0.0691. The highest BCUT2D eigenvalue weighted by Crippen LogP contribution is 2.36. The Kier molecular flexibility index (Phi) is 6.16. The van der Waals surface area contributed by atoms with Crippen LogP contribution in [0.5, 0.6) is 11.5 Å². The van der Waals surface area contributed by atoms with Crippen molar-refractivity contribution >= 4 is 21.6 Å². The fourth-order valence-corrected chi connectivity index (χ4v) is 3.36. The molecule has 1 N–H and O–H groups in total. The number of anilines is 1. The fourth-order valence-electron chi connectivity index (χ4n) is 2.40. The summed E-state index contributed by atoms with van der Waals surface area (Å²) < 4.78 is 36.1. The van der Waals surface area contributed by atoms with E-state index >= 15 is 0 Å². The Morgan fingerprint density at radius 2 is 1.92 bits per heavy atom. The van der Waals surface area contributed by atoms with Crippen molar-refractivity contribution in [1.82, 2.24) is 5.32 Å². The lowest BCUT2D eigenvalue weighted by Crippen LogP contribution is -2.37. The molecule has 1 aromatic carbocycles. The molecule has 1 aliphatic rings. The summed E-state index contributed by atoms with van der Waals surface area (Å²) >= 11 is 0. The maximum atomic E-state index is 12.1. The van der Waals surface area contributed by atoms with Crippen LogP contribution in [0.2, 0.25) is 0 Å². The van der Waals surface area contributed by atoms with Gasteiger partial charge < -0.3 is 14.8 Å². The summed E-state index contributed by atoms with van der Waals surface area (Å²) in [4.78, 5) is 12.0. The summed E-state index contributed by atoms with van der Waals surface area (Å²) in [6, 6.07) is 5.10. The second-order valence-electron chi connectivity index (χ2n) is 6.58. The summed E-state index contributed by atoms with van der Waals surface area (Å²) in [5.74, 6) is 1.40. The van der Waals surface area contributed by atoms with Crippen molar-refractivity contribution in [2.75, 3.05) is 23.9 Å². The van der Waals surface area contributed by atoms with Crippen LogP contribution in [0.25, 0.3) is 0 Å². The molecular formula is C17H26N2O5S. The average molecular weight is 370 g/mol. The molecule has 1 aliphatic heterocycles. The predicted octanol–water partition coefficient (Wildman–Crippen LogP) is 2.12. The molecule has 0 aliphatic carbocycles. The summed E-state index contributed by atoms with van der Waals surface area (Å²) in [5, 5.41) is 2.92. The number of benzene rings is 1. The minimum Gasteiger partial charge on any atom is -0.454 e. The number of carbonyl (C=O) groups excluding carboxylic acids is 1. The van der Waals surface area contributed by atoms with Gasteiger partial charge in [0.1, 0.15) is 0 Å². The highest BCUT2D eigenvalue weighted by Gasteiger charge is 2.21. The maximum absolute atomic E-state index is 12.1. The minimum atomic E-state index is -3.46. The zero-order valence-electron chi connectivity index (χ0n) is 15.1. The van der Waals surface area contributed by atoms with E-state index in [9.17, 15) is 13.2 Å². The molecule has 0 aromatic heterocycles. The quantitative estimate of drug-likeness (QED) is 0.758. The number of sulfonamides is 1. The molecule has 8 heteroatoms. The number of hydrogen-bond acceptors (Lipinski definition) is 5. The number of carbonyl (C=O) groups is 1. The fraction of sp³-hybridized carbons (Fsp3) is 0.588. The first-order valence-electron chi connectivity index (χ1n) is 8.35. The van der Waals surface area contributed by atoms with Gasteiger partial charge in [0.2, 0.25) is 22.7 Å². The lowest BCUT2D eigenvalue weighted by Gasteiger charge is -2.23. The smallest absolute Gasteiger partial charge is 0.232 e. The Morgan fingerprint density at radius 3 is 2.56 bits per heavy atom. The molecule has 1 aromatic rings. The summed E-state index contributed by atoms with van der Waals surface area (Å²) in [7, 11) is -3.46. The van der Waals surface area contributed by atoms with E-state index in [1.165, 1.54) is 4.31 Å². The van der Waals surface area contributed by atoms with Gasteiger partial charge in [0.25, 0.3) is 0 Å². The number of rotatable bonds is 8. The predicted molar refractivity (Wildman–Crippen MR) is 96.4 cm³/mol. The van der Waals surface area contributed by atoms with Crippen LogP contribution in [0.4, 0.5) is 5.69 Å². The summed E-state index contributed by atoms with van der Waals surface area (Å²) in [6.45, 7) is 6.39. The van der Waals surface area contributed by atoms with Gasteiger partial charge in [-0.25, -0.2) is 8.42 Å². The third-order valence-electron chi connectivity index (χ3n) is 4.20. The number of hydrogen-bond donors (Lipinski definition) is 1. The monoisotopic (exact) mass is 370 g/mol. The highest BCUT2D eigenvalue weighted by atomic mass is 32.2. The van der Waals surface area contributed by atoms with Gasteiger partial charge in [-0.2, -0.15) is 0 Å². The van der Waals surface area contributed by atoms with Gasteiger partial charge in [-0.15, -0.1) is 0 Å². The molecular weight excluding hydrogens is 344 g/mol. The van der Waals surface area contributed by atoms with Crippen LogP contribution >= 0.6 is 0 Å². The van der Waals surface area contributed by atoms with Crippen LogP contribution in [-0.2, 0) is 14.8 Å². The maximum Gasteiger partial charge on any atom is 0.232 e. The number of fused-ring (bicyclic) bond motifs is 1. The molecule has 2 rings (SSSR count). The van der Waals surface area contributed by atoms with Crippen molar-refractivity contribution in [3.63, 3.8) is 0 Å². The van der Waals surface area contributed by atoms with Crippen molar-refractivity contribution in [3.05, 3.63) is 18.2 Å². The Morgan fingerprint density at radius 1 is 1.24 bits per heavy atom. The van der Waals surface area contributed by atoms with Gasteiger partial charge in [0.15, 0.2) is 11.5 Å². The van der Waals surface area contributed by atoms with E-state index in [1.807, 2.05) is 20.8 Å². The van der Waals surface area contributed by atoms with E-state index in [1.54, 1.807) is 18.2 Å². The Balaban J connectivity index is 1.99.